The summed E-state index contributed by atoms with van der Waals surface area (Å²) in [5, 5.41) is 6.75. The van der Waals surface area contributed by atoms with Crippen LogP contribution in [0.2, 0.25) is 0 Å². The maximum atomic E-state index is 4.66. The summed E-state index contributed by atoms with van der Waals surface area (Å²) in [6.45, 7) is 8.31. The number of aryl methyl sites for hydroxylation is 1. The van der Waals surface area contributed by atoms with Crippen molar-refractivity contribution < 1.29 is 0 Å². The second-order valence-corrected chi connectivity index (χ2v) is 8.08. The molecular formula is C20H22BrN5. The molecule has 5 nitrogen and oxygen atoms in total. The lowest BCUT2D eigenvalue weighted by Crippen LogP contribution is -2.27. The van der Waals surface area contributed by atoms with Crippen LogP contribution >= 0.6 is 15.9 Å². The van der Waals surface area contributed by atoms with Gasteiger partial charge in [0.15, 0.2) is 0 Å². The van der Waals surface area contributed by atoms with Gasteiger partial charge in [-0.2, -0.15) is 4.98 Å². The van der Waals surface area contributed by atoms with E-state index in [4.69, 9.17) is 0 Å². The van der Waals surface area contributed by atoms with Gasteiger partial charge in [0.05, 0.1) is 5.69 Å². The van der Waals surface area contributed by atoms with E-state index in [0.717, 1.165) is 32.8 Å². The van der Waals surface area contributed by atoms with Gasteiger partial charge in [-0.05, 0) is 63.6 Å². The Kier molecular flexibility index (Phi) is 5.23. The normalized spacial score (nSPS) is 11.3. The number of pyridine rings is 1. The molecule has 0 fully saturated rings. The SMILES string of the molecule is Cc1cc(Br)ccc1Nc1cc(-c2cccnc2)nc(NC(C)(C)C)n1. The first-order valence-corrected chi connectivity index (χ1v) is 9.20. The molecule has 0 aliphatic rings. The van der Waals surface area contributed by atoms with Gasteiger partial charge >= 0.3 is 0 Å². The summed E-state index contributed by atoms with van der Waals surface area (Å²) >= 11 is 3.50. The van der Waals surface area contributed by atoms with Crippen LogP contribution in [0, 0.1) is 6.92 Å². The van der Waals surface area contributed by atoms with E-state index in [1.165, 1.54) is 0 Å². The third kappa shape index (κ3) is 4.79. The van der Waals surface area contributed by atoms with Crippen LogP contribution in [0.15, 0.2) is 53.3 Å². The monoisotopic (exact) mass is 411 g/mol. The van der Waals surface area contributed by atoms with Gasteiger partial charge in [-0.15, -0.1) is 0 Å². The van der Waals surface area contributed by atoms with Crippen molar-refractivity contribution in [2.24, 2.45) is 0 Å². The van der Waals surface area contributed by atoms with Gasteiger partial charge in [-0.3, -0.25) is 4.98 Å². The number of benzene rings is 1. The summed E-state index contributed by atoms with van der Waals surface area (Å²) in [5.74, 6) is 1.31. The fraction of sp³-hybridized carbons (Fsp3) is 0.250. The largest absolute Gasteiger partial charge is 0.350 e. The smallest absolute Gasteiger partial charge is 0.225 e. The molecule has 2 aromatic heterocycles. The molecule has 1 aromatic carbocycles. The average Bonchev–Trinajstić information content (AvgIpc) is 2.56. The molecule has 0 saturated carbocycles. The molecule has 0 radical (unpaired) electrons. The van der Waals surface area contributed by atoms with Crippen LogP contribution in [-0.4, -0.2) is 20.5 Å². The summed E-state index contributed by atoms with van der Waals surface area (Å²) in [6.07, 6.45) is 3.56. The Morgan fingerprint density at radius 3 is 2.50 bits per heavy atom. The Balaban J connectivity index is 2.01. The van der Waals surface area contributed by atoms with E-state index in [9.17, 15) is 0 Å². The van der Waals surface area contributed by atoms with Gasteiger partial charge in [0.25, 0.3) is 0 Å². The third-order valence-corrected chi connectivity index (χ3v) is 4.11. The molecule has 0 atom stereocenters. The number of halogens is 1. The van der Waals surface area contributed by atoms with Gasteiger partial charge in [0.1, 0.15) is 5.82 Å². The van der Waals surface area contributed by atoms with Crippen molar-refractivity contribution in [1.82, 2.24) is 15.0 Å². The zero-order chi connectivity index (χ0) is 18.7. The molecule has 0 unspecified atom stereocenters. The number of anilines is 3. The molecule has 0 spiro atoms. The second kappa shape index (κ2) is 7.41. The van der Waals surface area contributed by atoms with Crippen molar-refractivity contribution in [2.45, 2.75) is 33.2 Å². The predicted octanol–water partition coefficient (Wildman–Crippen LogP) is 5.56. The molecule has 26 heavy (non-hydrogen) atoms. The molecule has 0 bridgehead atoms. The molecule has 0 aliphatic carbocycles. The van der Waals surface area contributed by atoms with E-state index in [2.05, 4.69) is 75.3 Å². The summed E-state index contributed by atoms with van der Waals surface area (Å²) in [5.41, 5.74) is 3.76. The lowest BCUT2D eigenvalue weighted by molar-refractivity contribution is 0.626. The minimum atomic E-state index is -0.141. The Morgan fingerprint density at radius 2 is 1.85 bits per heavy atom. The Labute approximate surface area is 162 Å². The van der Waals surface area contributed by atoms with Crippen molar-refractivity contribution in [3.8, 4) is 11.3 Å². The highest BCUT2D eigenvalue weighted by Crippen LogP contribution is 2.27. The number of hydrogen-bond acceptors (Lipinski definition) is 5. The molecule has 3 rings (SSSR count). The van der Waals surface area contributed by atoms with Crippen molar-refractivity contribution in [3.63, 3.8) is 0 Å². The highest BCUT2D eigenvalue weighted by Gasteiger charge is 2.14. The molecule has 134 valence electrons. The molecule has 0 saturated heterocycles. The van der Waals surface area contributed by atoms with Gasteiger partial charge < -0.3 is 10.6 Å². The topological polar surface area (TPSA) is 62.7 Å². The van der Waals surface area contributed by atoms with E-state index in [1.54, 1.807) is 12.4 Å². The highest BCUT2D eigenvalue weighted by molar-refractivity contribution is 9.10. The minimum absolute atomic E-state index is 0.141. The molecule has 0 amide bonds. The molecular weight excluding hydrogens is 390 g/mol. The first-order chi connectivity index (χ1) is 12.3. The number of nitrogens with zero attached hydrogens (tertiary/aromatic N) is 3. The van der Waals surface area contributed by atoms with E-state index in [1.807, 2.05) is 30.3 Å². The number of hydrogen-bond donors (Lipinski definition) is 2. The number of nitrogens with one attached hydrogen (secondary N) is 2. The summed E-state index contributed by atoms with van der Waals surface area (Å²) in [7, 11) is 0. The van der Waals surface area contributed by atoms with Crippen LogP contribution in [0.25, 0.3) is 11.3 Å². The van der Waals surface area contributed by atoms with Gasteiger partial charge in [0, 0.05) is 39.7 Å². The fourth-order valence-electron chi connectivity index (χ4n) is 2.47. The Morgan fingerprint density at radius 1 is 1.04 bits per heavy atom. The zero-order valence-corrected chi connectivity index (χ0v) is 16.9. The fourth-order valence-corrected chi connectivity index (χ4v) is 2.95. The molecule has 0 aliphatic heterocycles. The summed E-state index contributed by atoms with van der Waals surface area (Å²) in [6, 6.07) is 11.9. The van der Waals surface area contributed by atoms with Gasteiger partial charge in [0.2, 0.25) is 5.95 Å². The molecule has 2 heterocycles. The summed E-state index contributed by atoms with van der Waals surface area (Å²) < 4.78 is 1.05. The Bertz CT molecular complexity index is 904. The van der Waals surface area contributed by atoms with Crippen LogP contribution in [0.4, 0.5) is 17.5 Å². The third-order valence-electron chi connectivity index (χ3n) is 3.62. The van der Waals surface area contributed by atoms with Crippen LogP contribution in [0.1, 0.15) is 26.3 Å². The maximum absolute atomic E-state index is 4.66. The van der Waals surface area contributed by atoms with E-state index < -0.39 is 0 Å². The van der Waals surface area contributed by atoms with Crippen molar-refractivity contribution in [2.75, 3.05) is 10.6 Å². The summed E-state index contributed by atoms with van der Waals surface area (Å²) in [4.78, 5) is 13.5. The first-order valence-electron chi connectivity index (χ1n) is 8.41. The van der Waals surface area contributed by atoms with Crippen molar-refractivity contribution in [3.05, 3.63) is 58.8 Å². The van der Waals surface area contributed by atoms with Crippen LogP contribution < -0.4 is 10.6 Å². The van der Waals surface area contributed by atoms with Crippen molar-refractivity contribution in [1.29, 1.82) is 0 Å². The first kappa shape index (κ1) is 18.3. The van der Waals surface area contributed by atoms with Crippen LogP contribution in [0.5, 0.6) is 0 Å². The van der Waals surface area contributed by atoms with E-state index in [-0.39, 0.29) is 5.54 Å². The maximum Gasteiger partial charge on any atom is 0.225 e. The molecule has 2 N–H and O–H groups in total. The average molecular weight is 412 g/mol. The van der Waals surface area contributed by atoms with E-state index >= 15 is 0 Å². The zero-order valence-electron chi connectivity index (χ0n) is 15.3. The molecule has 3 aromatic rings. The van der Waals surface area contributed by atoms with E-state index in [0.29, 0.717) is 5.95 Å². The predicted molar refractivity (Wildman–Crippen MR) is 111 cm³/mol. The van der Waals surface area contributed by atoms with Crippen molar-refractivity contribution >= 4 is 33.4 Å². The number of aromatic nitrogens is 3. The minimum Gasteiger partial charge on any atom is -0.350 e. The Hall–Kier alpha value is -2.47. The molecule has 6 heteroatoms. The highest BCUT2D eigenvalue weighted by atomic mass is 79.9. The second-order valence-electron chi connectivity index (χ2n) is 7.16. The lowest BCUT2D eigenvalue weighted by Gasteiger charge is -2.21. The quantitative estimate of drug-likeness (QED) is 0.587. The number of rotatable bonds is 4. The lowest BCUT2D eigenvalue weighted by atomic mass is 10.1. The van der Waals surface area contributed by atoms with Gasteiger partial charge in [-0.1, -0.05) is 15.9 Å². The van der Waals surface area contributed by atoms with Crippen LogP contribution in [-0.2, 0) is 0 Å². The van der Waals surface area contributed by atoms with Gasteiger partial charge in [-0.25, -0.2) is 4.98 Å². The standard InChI is InChI=1S/C20H22BrN5/c1-13-10-15(21)7-8-16(13)23-18-11-17(14-6-5-9-22-12-14)24-19(25-18)26-20(2,3)4/h5-12H,1-4H3,(H2,23,24,25,26). The van der Waals surface area contributed by atoms with Crippen LogP contribution in [0.3, 0.4) is 0 Å².